The number of nitrogens with one attached hydrogen (secondary N) is 2. The molecule has 0 aromatic carbocycles. The van der Waals surface area contributed by atoms with Crippen LogP contribution in [0.2, 0.25) is 0 Å². The number of anilines is 1. The molecule has 3 aliphatic carbocycles. The van der Waals surface area contributed by atoms with Gasteiger partial charge in [0.15, 0.2) is 11.6 Å². The number of aliphatic carboxylic acids is 1. The summed E-state index contributed by atoms with van der Waals surface area (Å²) in [7, 11) is 0. The van der Waals surface area contributed by atoms with Crippen LogP contribution in [0, 0.1) is 23.6 Å². The van der Waals surface area contributed by atoms with E-state index in [9.17, 15) is 23.1 Å². The van der Waals surface area contributed by atoms with E-state index in [2.05, 4.69) is 25.4 Å². The molecular formula is C23H21F3N6O2. The minimum atomic E-state index is -2.71. The largest absolute Gasteiger partial charge is 0.481 e. The molecule has 176 valence electrons. The van der Waals surface area contributed by atoms with Gasteiger partial charge < -0.3 is 15.4 Å². The Morgan fingerprint density at radius 3 is 2.71 bits per heavy atom. The summed E-state index contributed by atoms with van der Waals surface area (Å²) in [6, 6.07) is 2.24. The lowest BCUT2D eigenvalue weighted by atomic mass is 9.61. The van der Waals surface area contributed by atoms with Crippen molar-refractivity contribution in [1.29, 1.82) is 0 Å². The zero-order valence-electron chi connectivity index (χ0n) is 17.9. The van der Waals surface area contributed by atoms with E-state index in [4.69, 9.17) is 0 Å². The lowest BCUT2D eigenvalue weighted by molar-refractivity contribution is -0.148. The summed E-state index contributed by atoms with van der Waals surface area (Å²) in [6.45, 7) is 0. The van der Waals surface area contributed by atoms with Gasteiger partial charge in [0.25, 0.3) is 6.43 Å². The standard InChI is InChI=1S/C23H21F3N6O2/c24-13-6-14-15(8-28-20(14)27-7-13)21-30-22(16-5-12(19(25)26)9-32(16)31-21)29-18-11-3-1-10(2-4-11)17(18)23(33)34/h5-11,17-19H,1-4H2,(H,27,28)(H,33,34)(H,29,30,31)/t10?,11?,17-,18-/m0/s1. The van der Waals surface area contributed by atoms with Crippen LogP contribution in [0.5, 0.6) is 0 Å². The normalized spacial score (nSPS) is 24.4. The van der Waals surface area contributed by atoms with Gasteiger partial charge in [-0.1, -0.05) is 0 Å². The second kappa shape index (κ2) is 7.71. The van der Waals surface area contributed by atoms with E-state index < -0.39 is 24.1 Å². The zero-order valence-corrected chi connectivity index (χ0v) is 17.9. The highest BCUT2D eigenvalue weighted by molar-refractivity contribution is 5.92. The van der Waals surface area contributed by atoms with Crippen LogP contribution in [0.4, 0.5) is 19.0 Å². The fraction of sp³-hybridized carbons (Fsp3) is 0.391. The molecular weight excluding hydrogens is 449 g/mol. The molecule has 2 atom stereocenters. The quantitative estimate of drug-likeness (QED) is 0.392. The number of H-pyrrole nitrogens is 1. The van der Waals surface area contributed by atoms with Crippen LogP contribution in [-0.2, 0) is 4.79 Å². The predicted molar refractivity (Wildman–Crippen MR) is 117 cm³/mol. The average Bonchev–Trinajstić information content (AvgIpc) is 3.43. The number of hydrogen-bond acceptors (Lipinski definition) is 5. The Hall–Kier alpha value is -3.63. The minimum Gasteiger partial charge on any atom is -0.481 e. The van der Waals surface area contributed by atoms with Crippen molar-refractivity contribution in [3.05, 3.63) is 42.1 Å². The third-order valence-corrected chi connectivity index (χ3v) is 7.28. The molecule has 0 radical (unpaired) electrons. The van der Waals surface area contributed by atoms with E-state index in [1.807, 2.05) is 0 Å². The van der Waals surface area contributed by atoms with E-state index in [0.29, 0.717) is 22.1 Å². The summed E-state index contributed by atoms with van der Waals surface area (Å²) in [5, 5.41) is 18.1. The Balaban J connectivity index is 1.50. The molecule has 0 unspecified atom stereocenters. The molecule has 34 heavy (non-hydrogen) atoms. The van der Waals surface area contributed by atoms with Crippen molar-refractivity contribution in [3.8, 4) is 11.4 Å². The van der Waals surface area contributed by atoms with Crippen molar-refractivity contribution in [1.82, 2.24) is 24.6 Å². The number of halogens is 3. The maximum Gasteiger partial charge on any atom is 0.308 e. The van der Waals surface area contributed by atoms with E-state index in [0.717, 1.165) is 31.9 Å². The fourth-order valence-electron chi connectivity index (χ4n) is 5.69. The summed E-state index contributed by atoms with van der Waals surface area (Å²) in [4.78, 5) is 23.7. The first-order valence-corrected chi connectivity index (χ1v) is 11.2. The first-order chi connectivity index (χ1) is 16.4. The van der Waals surface area contributed by atoms with Gasteiger partial charge in [-0.2, -0.15) is 0 Å². The number of alkyl halides is 2. The van der Waals surface area contributed by atoms with Crippen LogP contribution >= 0.6 is 0 Å². The third kappa shape index (κ3) is 3.29. The molecule has 8 nitrogen and oxygen atoms in total. The number of fused-ring (bicyclic) bond motifs is 5. The Kier molecular flexibility index (Phi) is 4.75. The molecule has 0 aliphatic heterocycles. The lowest BCUT2D eigenvalue weighted by Gasteiger charge is -2.47. The number of carboxylic acid groups (broad SMARTS) is 1. The van der Waals surface area contributed by atoms with Crippen LogP contribution in [-0.4, -0.2) is 41.7 Å². The SMILES string of the molecule is O=C(O)[C@H]1C2CCC(CC2)[C@@H]1Nc1nc(-c2c[nH]c3ncc(F)cc23)nn2cc(C(F)F)cc12. The van der Waals surface area contributed by atoms with Gasteiger partial charge in [0.05, 0.1) is 12.1 Å². The van der Waals surface area contributed by atoms with Crippen molar-refractivity contribution in [2.24, 2.45) is 17.8 Å². The molecule has 3 saturated carbocycles. The summed E-state index contributed by atoms with van der Waals surface area (Å²) < 4.78 is 42.2. The summed E-state index contributed by atoms with van der Waals surface area (Å²) in [5.74, 6) is -1.29. The van der Waals surface area contributed by atoms with Crippen LogP contribution in [0.25, 0.3) is 27.9 Å². The Labute approximate surface area is 191 Å². The number of nitrogens with zero attached hydrogens (tertiary/aromatic N) is 4. The molecule has 2 bridgehead atoms. The molecule has 3 aliphatic rings. The monoisotopic (exact) mass is 470 g/mol. The number of carbonyl (C=O) groups is 1. The minimum absolute atomic E-state index is 0.0726. The predicted octanol–water partition coefficient (Wildman–Crippen LogP) is 4.65. The van der Waals surface area contributed by atoms with E-state index in [1.165, 1.54) is 22.8 Å². The molecule has 3 N–H and O–H groups in total. The van der Waals surface area contributed by atoms with Gasteiger partial charge in [-0.05, 0) is 49.7 Å². The second-order valence-electron chi connectivity index (χ2n) is 9.15. The van der Waals surface area contributed by atoms with Crippen LogP contribution in [0.3, 0.4) is 0 Å². The van der Waals surface area contributed by atoms with E-state index in [-0.39, 0.29) is 35.1 Å². The summed E-state index contributed by atoms with van der Waals surface area (Å²) in [6.07, 6.45) is 4.77. The van der Waals surface area contributed by atoms with E-state index >= 15 is 0 Å². The van der Waals surface area contributed by atoms with Crippen LogP contribution in [0.1, 0.15) is 37.7 Å². The number of aromatic nitrogens is 5. The highest BCUT2D eigenvalue weighted by Crippen LogP contribution is 2.46. The molecule has 4 aromatic rings. The van der Waals surface area contributed by atoms with Gasteiger partial charge in [0.1, 0.15) is 17.0 Å². The third-order valence-electron chi connectivity index (χ3n) is 7.28. The summed E-state index contributed by atoms with van der Waals surface area (Å²) in [5.41, 5.74) is 1.000. The molecule has 11 heteroatoms. The number of carboxylic acids is 1. The summed E-state index contributed by atoms with van der Waals surface area (Å²) >= 11 is 0. The molecule has 0 spiro atoms. The van der Waals surface area contributed by atoms with Gasteiger partial charge in [-0.3, -0.25) is 4.79 Å². The fourth-order valence-corrected chi connectivity index (χ4v) is 5.69. The molecule has 4 heterocycles. The topological polar surface area (TPSA) is 108 Å². The smallest absolute Gasteiger partial charge is 0.308 e. The average molecular weight is 470 g/mol. The van der Waals surface area contributed by atoms with Crippen molar-refractivity contribution in [3.63, 3.8) is 0 Å². The van der Waals surface area contributed by atoms with Crippen molar-refractivity contribution >= 4 is 28.3 Å². The Morgan fingerprint density at radius 1 is 1.21 bits per heavy atom. The van der Waals surface area contributed by atoms with Crippen LogP contribution in [0.15, 0.2) is 30.7 Å². The maximum atomic E-state index is 13.9. The maximum absolute atomic E-state index is 13.9. The van der Waals surface area contributed by atoms with Gasteiger partial charge >= 0.3 is 5.97 Å². The van der Waals surface area contributed by atoms with Crippen molar-refractivity contribution in [2.45, 2.75) is 38.2 Å². The Bertz CT molecular complexity index is 1410. The van der Waals surface area contributed by atoms with Gasteiger partial charge in [-0.15, -0.1) is 5.10 Å². The molecule has 3 fully saturated rings. The highest BCUT2D eigenvalue weighted by atomic mass is 19.3. The van der Waals surface area contributed by atoms with Crippen molar-refractivity contribution < 1.29 is 23.1 Å². The molecule has 4 aromatic heterocycles. The molecule has 0 saturated heterocycles. The van der Waals surface area contributed by atoms with Crippen LogP contribution < -0.4 is 5.32 Å². The number of pyridine rings is 1. The van der Waals surface area contributed by atoms with Gasteiger partial charge in [-0.25, -0.2) is 27.7 Å². The molecule has 0 amide bonds. The highest BCUT2D eigenvalue weighted by Gasteiger charge is 2.47. The van der Waals surface area contributed by atoms with Gasteiger partial charge in [0.2, 0.25) is 0 Å². The zero-order chi connectivity index (χ0) is 23.6. The number of rotatable bonds is 5. The van der Waals surface area contributed by atoms with Gasteiger partial charge in [0, 0.05) is 34.9 Å². The first kappa shape index (κ1) is 20.9. The Morgan fingerprint density at radius 2 is 1.97 bits per heavy atom. The van der Waals surface area contributed by atoms with E-state index in [1.54, 1.807) is 6.20 Å². The first-order valence-electron chi connectivity index (χ1n) is 11.2. The second-order valence-corrected chi connectivity index (χ2v) is 9.15. The van der Waals surface area contributed by atoms with Crippen molar-refractivity contribution in [2.75, 3.05) is 5.32 Å². The molecule has 7 rings (SSSR count). The lowest BCUT2D eigenvalue weighted by Crippen LogP contribution is -2.51. The number of aromatic amines is 1. The number of hydrogen-bond donors (Lipinski definition) is 3.